The molecular weight excluding hydrogens is 304 g/mol. The van der Waals surface area contributed by atoms with Crippen LogP contribution in [0.4, 0.5) is 0 Å². The highest BCUT2D eigenvalue weighted by atomic mass is 35.5. The van der Waals surface area contributed by atoms with Gasteiger partial charge in [0.05, 0.1) is 10.6 Å². The molecule has 3 unspecified atom stereocenters. The highest BCUT2D eigenvalue weighted by molar-refractivity contribution is 7.80. The van der Waals surface area contributed by atoms with E-state index < -0.39 is 0 Å². The number of thiol groups is 1. The first kappa shape index (κ1) is 16.7. The summed E-state index contributed by atoms with van der Waals surface area (Å²) >= 11 is 10.4. The quantitative estimate of drug-likeness (QED) is 0.606. The molecule has 0 aromatic heterocycles. The van der Waals surface area contributed by atoms with Gasteiger partial charge >= 0.3 is 5.97 Å². The highest BCUT2D eigenvalue weighted by Gasteiger charge is 2.33. The molecule has 0 radical (unpaired) electrons. The number of halogens is 1. The molecule has 2 rings (SSSR count). The van der Waals surface area contributed by atoms with Crippen LogP contribution in [0, 0.1) is 17.8 Å². The van der Waals surface area contributed by atoms with Crippen LogP contribution in [0.15, 0.2) is 23.1 Å². The third kappa shape index (κ3) is 4.17. The van der Waals surface area contributed by atoms with Crippen molar-refractivity contribution in [3.8, 4) is 0 Å². The predicted molar refractivity (Wildman–Crippen MR) is 89.3 cm³/mol. The lowest BCUT2D eigenvalue weighted by Gasteiger charge is -2.36. The topological polar surface area (TPSA) is 26.3 Å². The number of ether oxygens (including phenoxy) is 1. The Kier molecular flexibility index (Phi) is 5.61. The molecule has 21 heavy (non-hydrogen) atoms. The van der Waals surface area contributed by atoms with Crippen LogP contribution >= 0.6 is 24.2 Å². The summed E-state index contributed by atoms with van der Waals surface area (Å²) in [5, 5.41) is 0.419. The summed E-state index contributed by atoms with van der Waals surface area (Å²) in [7, 11) is 0. The third-order valence-electron chi connectivity index (χ3n) is 4.39. The first-order valence-electron chi connectivity index (χ1n) is 7.58. The first-order valence-corrected chi connectivity index (χ1v) is 8.40. The molecule has 3 atom stereocenters. The van der Waals surface area contributed by atoms with Crippen LogP contribution in [0.5, 0.6) is 0 Å². The molecule has 0 spiro atoms. The van der Waals surface area contributed by atoms with E-state index >= 15 is 0 Å². The zero-order chi connectivity index (χ0) is 15.6. The second-order valence-electron chi connectivity index (χ2n) is 6.43. The number of carbonyl (C=O) groups excluding carboxylic acids is 1. The predicted octanol–water partition coefficient (Wildman–Crippen LogP) is 5.25. The Bertz CT molecular complexity index is 516. The van der Waals surface area contributed by atoms with Gasteiger partial charge in [0, 0.05) is 4.90 Å². The summed E-state index contributed by atoms with van der Waals surface area (Å²) in [6.45, 7) is 6.62. The molecule has 1 aliphatic carbocycles. The van der Waals surface area contributed by atoms with E-state index in [1.807, 2.05) is 0 Å². The van der Waals surface area contributed by atoms with Gasteiger partial charge in [-0.15, -0.1) is 12.6 Å². The van der Waals surface area contributed by atoms with E-state index in [0.29, 0.717) is 33.2 Å². The van der Waals surface area contributed by atoms with E-state index in [0.717, 1.165) is 12.8 Å². The fourth-order valence-electron chi connectivity index (χ4n) is 3.12. The molecule has 1 fully saturated rings. The fraction of sp³-hybridized carbons (Fsp3) is 0.588. The number of esters is 1. The maximum Gasteiger partial charge on any atom is 0.339 e. The number of carbonyl (C=O) groups is 1. The molecule has 0 aliphatic heterocycles. The Balaban J connectivity index is 2.14. The lowest BCUT2D eigenvalue weighted by molar-refractivity contribution is -0.0174. The van der Waals surface area contributed by atoms with Gasteiger partial charge in [-0.05, 0) is 48.8 Å². The largest absolute Gasteiger partial charge is 0.458 e. The molecule has 1 aromatic rings. The van der Waals surface area contributed by atoms with Gasteiger partial charge in [0.25, 0.3) is 0 Å². The van der Waals surface area contributed by atoms with Crippen LogP contribution in [0.25, 0.3) is 0 Å². The summed E-state index contributed by atoms with van der Waals surface area (Å²) in [5.41, 5.74) is 0.407. The van der Waals surface area contributed by atoms with Crippen molar-refractivity contribution in [2.75, 3.05) is 0 Å². The molecule has 116 valence electrons. The van der Waals surface area contributed by atoms with Crippen LogP contribution in [0.3, 0.4) is 0 Å². The fourth-order valence-corrected chi connectivity index (χ4v) is 3.52. The number of rotatable bonds is 3. The van der Waals surface area contributed by atoms with Crippen molar-refractivity contribution < 1.29 is 9.53 Å². The second kappa shape index (κ2) is 7.06. The minimum atomic E-state index is -0.333. The minimum Gasteiger partial charge on any atom is -0.458 e. The van der Waals surface area contributed by atoms with E-state index in [-0.39, 0.29) is 12.1 Å². The smallest absolute Gasteiger partial charge is 0.339 e. The molecule has 1 aliphatic rings. The molecule has 0 bridgehead atoms. The standard InChI is InChI=1S/C17H23ClO2S/c1-10(2)13-6-4-11(3)8-16(13)20-17(19)14-9-12(21)5-7-15(14)18/h5,7,9-11,13,16,21H,4,6,8H2,1-3H3. The monoisotopic (exact) mass is 326 g/mol. The average molecular weight is 327 g/mol. The molecule has 1 saturated carbocycles. The maximum atomic E-state index is 12.4. The van der Waals surface area contributed by atoms with E-state index in [9.17, 15) is 4.79 Å². The van der Waals surface area contributed by atoms with Gasteiger partial charge in [0.1, 0.15) is 6.10 Å². The summed E-state index contributed by atoms with van der Waals surface area (Å²) in [4.78, 5) is 13.1. The average Bonchev–Trinajstić information content (AvgIpc) is 2.41. The van der Waals surface area contributed by atoms with Crippen LogP contribution < -0.4 is 0 Å². The lowest BCUT2D eigenvalue weighted by atomic mass is 9.75. The van der Waals surface area contributed by atoms with E-state index in [4.69, 9.17) is 16.3 Å². The van der Waals surface area contributed by atoms with Gasteiger partial charge in [-0.2, -0.15) is 0 Å². The molecular formula is C17H23ClO2S. The van der Waals surface area contributed by atoms with Gasteiger partial charge in [-0.3, -0.25) is 0 Å². The molecule has 2 nitrogen and oxygen atoms in total. The Morgan fingerprint density at radius 1 is 1.38 bits per heavy atom. The Hall–Kier alpha value is -0.670. The zero-order valence-electron chi connectivity index (χ0n) is 12.8. The Morgan fingerprint density at radius 2 is 2.10 bits per heavy atom. The van der Waals surface area contributed by atoms with Gasteiger partial charge < -0.3 is 4.74 Å². The normalized spacial score (nSPS) is 25.9. The van der Waals surface area contributed by atoms with Crippen LogP contribution in [-0.4, -0.2) is 12.1 Å². The summed E-state index contributed by atoms with van der Waals surface area (Å²) in [5.74, 6) is 1.22. The number of hydrogen-bond donors (Lipinski definition) is 1. The summed E-state index contributed by atoms with van der Waals surface area (Å²) in [6, 6.07) is 5.12. The van der Waals surface area contributed by atoms with Gasteiger partial charge in [0.15, 0.2) is 0 Å². The molecule has 4 heteroatoms. The van der Waals surface area contributed by atoms with Crippen molar-refractivity contribution >= 4 is 30.2 Å². The van der Waals surface area contributed by atoms with E-state index in [2.05, 4.69) is 33.4 Å². The van der Waals surface area contributed by atoms with Crippen LogP contribution in [-0.2, 0) is 4.74 Å². The summed E-state index contributed by atoms with van der Waals surface area (Å²) < 4.78 is 5.80. The van der Waals surface area contributed by atoms with Gasteiger partial charge in [0.2, 0.25) is 0 Å². The van der Waals surface area contributed by atoms with Crippen molar-refractivity contribution in [3.05, 3.63) is 28.8 Å². The maximum absolute atomic E-state index is 12.4. The second-order valence-corrected chi connectivity index (χ2v) is 7.36. The molecule has 1 aromatic carbocycles. The van der Waals surface area contributed by atoms with Crippen molar-refractivity contribution in [2.45, 2.75) is 51.0 Å². The molecule has 0 saturated heterocycles. The van der Waals surface area contributed by atoms with Crippen LogP contribution in [0.1, 0.15) is 50.4 Å². The SMILES string of the molecule is CC1CCC(C(C)C)C(OC(=O)c2cc(S)ccc2Cl)C1. The Labute approximate surface area is 137 Å². The van der Waals surface area contributed by atoms with Crippen LogP contribution in [0.2, 0.25) is 5.02 Å². The van der Waals surface area contributed by atoms with Crippen molar-refractivity contribution in [1.82, 2.24) is 0 Å². The molecule has 0 N–H and O–H groups in total. The minimum absolute atomic E-state index is 0.0131. The molecule has 0 heterocycles. The van der Waals surface area contributed by atoms with E-state index in [1.165, 1.54) is 6.42 Å². The number of benzene rings is 1. The van der Waals surface area contributed by atoms with Crippen molar-refractivity contribution in [1.29, 1.82) is 0 Å². The molecule has 0 amide bonds. The number of hydrogen-bond acceptors (Lipinski definition) is 3. The zero-order valence-corrected chi connectivity index (χ0v) is 14.5. The van der Waals surface area contributed by atoms with Crippen molar-refractivity contribution in [2.24, 2.45) is 17.8 Å². The van der Waals surface area contributed by atoms with Gasteiger partial charge in [-0.1, -0.05) is 38.8 Å². The highest BCUT2D eigenvalue weighted by Crippen LogP contribution is 2.36. The third-order valence-corrected chi connectivity index (χ3v) is 5.00. The van der Waals surface area contributed by atoms with Gasteiger partial charge in [-0.25, -0.2) is 4.79 Å². The lowest BCUT2D eigenvalue weighted by Crippen LogP contribution is -2.35. The first-order chi connectivity index (χ1) is 9.88. The van der Waals surface area contributed by atoms with Crippen molar-refractivity contribution in [3.63, 3.8) is 0 Å². The van der Waals surface area contributed by atoms with E-state index in [1.54, 1.807) is 18.2 Å². The summed E-state index contributed by atoms with van der Waals surface area (Å²) in [6.07, 6.45) is 3.26. The Morgan fingerprint density at radius 3 is 2.76 bits per heavy atom.